The zero-order valence-corrected chi connectivity index (χ0v) is 6.65. The molecule has 0 unspecified atom stereocenters. The van der Waals surface area contributed by atoms with Crippen LogP contribution in [0.15, 0.2) is 22.7 Å². The summed E-state index contributed by atoms with van der Waals surface area (Å²) in [5.74, 6) is -0.294. The van der Waals surface area contributed by atoms with Crippen molar-refractivity contribution in [2.75, 3.05) is 0 Å². The summed E-state index contributed by atoms with van der Waals surface area (Å²) in [4.78, 5) is 0. The molecule has 1 rings (SSSR count). The first-order valence-electron chi connectivity index (χ1n) is 2.69. The van der Waals surface area contributed by atoms with Gasteiger partial charge in [0.2, 0.25) is 0 Å². The van der Waals surface area contributed by atoms with Gasteiger partial charge in [-0.05, 0) is 18.2 Å². The summed E-state index contributed by atoms with van der Waals surface area (Å²) >= 11 is 3.12. The number of benzene rings is 1. The fraction of sp³-hybridized carbons (Fsp3) is 0. The van der Waals surface area contributed by atoms with Gasteiger partial charge in [0, 0.05) is 16.3 Å². The van der Waals surface area contributed by atoms with Crippen molar-refractivity contribution in [2.24, 2.45) is 0 Å². The summed E-state index contributed by atoms with van der Waals surface area (Å²) in [6.07, 6.45) is 1.17. The maximum atomic E-state index is 12.4. The third kappa shape index (κ3) is 1.42. The van der Waals surface area contributed by atoms with Crippen LogP contribution in [0, 0.1) is 11.2 Å². The van der Waals surface area contributed by atoms with Crippen molar-refractivity contribution in [1.29, 1.82) is 5.41 Å². The quantitative estimate of drug-likeness (QED) is 0.676. The van der Waals surface area contributed by atoms with Crippen LogP contribution in [0.4, 0.5) is 4.39 Å². The lowest BCUT2D eigenvalue weighted by atomic mass is 10.2. The number of hydrogen-bond acceptors (Lipinski definition) is 1. The zero-order chi connectivity index (χ0) is 7.56. The highest BCUT2D eigenvalue weighted by atomic mass is 79.9. The maximum absolute atomic E-state index is 12.4. The molecule has 52 valence electrons. The fourth-order valence-electron chi connectivity index (χ4n) is 0.619. The first-order chi connectivity index (χ1) is 4.74. The Bertz CT molecular complexity index is 260. The summed E-state index contributed by atoms with van der Waals surface area (Å²) in [6.45, 7) is 0. The van der Waals surface area contributed by atoms with E-state index in [2.05, 4.69) is 15.9 Å². The van der Waals surface area contributed by atoms with Crippen LogP contribution in [0.1, 0.15) is 5.56 Å². The second kappa shape index (κ2) is 2.92. The van der Waals surface area contributed by atoms with Crippen molar-refractivity contribution in [1.82, 2.24) is 0 Å². The van der Waals surface area contributed by atoms with Crippen LogP contribution in [0.2, 0.25) is 0 Å². The molecule has 0 bridgehead atoms. The standard InChI is InChI=1S/C7H5BrFN/c8-7-3-6(9)2-1-5(7)4-10/h1-4,10H. The summed E-state index contributed by atoms with van der Waals surface area (Å²) in [7, 11) is 0. The number of nitrogens with one attached hydrogen (secondary N) is 1. The van der Waals surface area contributed by atoms with E-state index in [9.17, 15) is 4.39 Å². The molecule has 0 saturated heterocycles. The lowest BCUT2D eigenvalue weighted by Gasteiger charge is -1.94. The van der Waals surface area contributed by atoms with E-state index in [0.717, 1.165) is 0 Å². The Balaban J connectivity index is 3.19. The van der Waals surface area contributed by atoms with Gasteiger partial charge < -0.3 is 5.41 Å². The number of hydrogen-bond donors (Lipinski definition) is 1. The molecule has 1 aromatic rings. The Morgan fingerprint density at radius 1 is 1.50 bits per heavy atom. The van der Waals surface area contributed by atoms with E-state index in [1.807, 2.05) is 0 Å². The molecule has 0 aromatic heterocycles. The van der Waals surface area contributed by atoms with Gasteiger partial charge in [0.05, 0.1) is 0 Å². The van der Waals surface area contributed by atoms with E-state index in [4.69, 9.17) is 5.41 Å². The van der Waals surface area contributed by atoms with Crippen molar-refractivity contribution in [3.63, 3.8) is 0 Å². The van der Waals surface area contributed by atoms with Crippen LogP contribution in [0.3, 0.4) is 0 Å². The first kappa shape index (κ1) is 7.41. The molecule has 1 aromatic carbocycles. The van der Waals surface area contributed by atoms with Gasteiger partial charge in [0.25, 0.3) is 0 Å². The van der Waals surface area contributed by atoms with Gasteiger partial charge in [-0.3, -0.25) is 0 Å². The number of halogens is 2. The van der Waals surface area contributed by atoms with Gasteiger partial charge in [-0.15, -0.1) is 0 Å². The van der Waals surface area contributed by atoms with Crippen LogP contribution in [-0.4, -0.2) is 6.21 Å². The molecule has 3 heteroatoms. The van der Waals surface area contributed by atoms with Gasteiger partial charge in [0.1, 0.15) is 5.82 Å². The van der Waals surface area contributed by atoms with Crippen LogP contribution in [0.25, 0.3) is 0 Å². The Morgan fingerprint density at radius 3 is 2.70 bits per heavy atom. The Hall–Kier alpha value is -0.700. The zero-order valence-electron chi connectivity index (χ0n) is 5.07. The third-order valence-corrected chi connectivity index (χ3v) is 1.80. The molecule has 0 fully saturated rings. The van der Waals surface area contributed by atoms with Gasteiger partial charge in [-0.2, -0.15) is 0 Å². The van der Waals surface area contributed by atoms with Crippen LogP contribution >= 0.6 is 15.9 Å². The monoisotopic (exact) mass is 201 g/mol. The molecule has 1 N–H and O–H groups in total. The second-order valence-corrected chi connectivity index (χ2v) is 2.66. The van der Waals surface area contributed by atoms with Crippen LogP contribution in [-0.2, 0) is 0 Å². The molecule has 0 saturated carbocycles. The minimum atomic E-state index is -0.294. The summed E-state index contributed by atoms with van der Waals surface area (Å²) in [5.41, 5.74) is 0.682. The van der Waals surface area contributed by atoms with Crippen molar-refractivity contribution in [2.45, 2.75) is 0 Å². The molecule has 0 aliphatic heterocycles. The van der Waals surface area contributed by atoms with E-state index < -0.39 is 0 Å². The van der Waals surface area contributed by atoms with E-state index in [0.29, 0.717) is 10.0 Å². The van der Waals surface area contributed by atoms with Crippen molar-refractivity contribution >= 4 is 22.1 Å². The minimum Gasteiger partial charge on any atom is -0.308 e. The molecule has 1 nitrogen and oxygen atoms in total. The number of rotatable bonds is 1. The molecular weight excluding hydrogens is 197 g/mol. The normalized spacial score (nSPS) is 9.40. The van der Waals surface area contributed by atoms with Gasteiger partial charge >= 0.3 is 0 Å². The molecule has 0 amide bonds. The predicted molar refractivity (Wildman–Crippen MR) is 42.0 cm³/mol. The summed E-state index contributed by atoms with van der Waals surface area (Å²) in [6, 6.07) is 4.21. The molecule has 0 radical (unpaired) electrons. The van der Waals surface area contributed by atoms with Crippen LogP contribution < -0.4 is 0 Å². The SMILES string of the molecule is N=Cc1ccc(F)cc1Br. The molecule has 0 aliphatic carbocycles. The van der Waals surface area contributed by atoms with Crippen molar-refractivity contribution < 1.29 is 4.39 Å². The van der Waals surface area contributed by atoms with E-state index in [1.54, 1.807) is 6.07 Å². The fourth-order valence-corrected chi connectivity index (χ4v) is 1.08. The molecule has 0 aliphatic rings. The highest BCUT2D eigenvalue weighted by Crippen LogP contribution is 2.15. The first-order valence-corrected chi connectivity index (χ1v) is 3.49. The van der Waals surface area contributed by atoms with E-state index in [-0.39, 0.29) is 5.82 Å². The average Bonchev–Trinajstić information content (AvgIpc) is 1.88. The molecule has 0 atom stereocenters. The van der Waals surface area contributed by atoms with Gasteiger partial charge in [-0.1, -0.05) is 15.9 Å². The largest absolute Gasteiger partial charge is 0.308 e. The topological polar surface area (TPSA) is 23.9 Å². The average molecular weight is 202 g/mol. The smallest absolute Gasteiger partial charge is 0.124 e. The summed E-state index contributed by atoms with van der Waals surface area (Å²) in [5, 5.41) is 6.88. The molecule has 10 heavy (non-hydrogen) atoms. The van der Waals surface area contributed by atoms with E-state index in [1.165, 1.54) is 18.3 Å². The van der Waals surface area contributed by atoms with Crippen molar-refractivity contribution in [3.05, 3.63) is 34.1 Å². The van der Waals surface area contributed by atoms with Crippen LogP contribution in [0.5, 0.6) is 0 Å². The maximum Gasteiger partial charge on any atom is 0.124 e. The Kier molecular flexibility index (Phi) is 2.17. The molecule has 0 heterocycles. The van der Waals surface area contributed by atoms with Gasteiger partial charge in [-0.25, -0.2) is 4.39 Å². The van der Waals surface area contributed by atoms with Gasteiger partial charge in [0.15, 0.2) is 0 Å². The predicted octanol–water partition coefficient (Wildman–Crippen LogP) is 2.59. The van der Waals surface area contributed by atoms with Crippen molar-refractivity contribution in [3.8, 4) is 0 Å². The van der Waals surface area contributed by atoms with E-state index >= 15 is 0 Å². The Morgan fingerprint density at radius 2 is 2.20 bits per heavy atom. The second-order valence-electron chi connectivity index (χ2n) is 1.81. The lowest BCUT2D eigenvalue weighted by molar-refractivity contribution is 0.627. The summed E-state index contributed by atoms with van der Waals surface area (Å²) < 4.78 is 13.0. The highest BCUT2D eigenvalue weighted by Gasteiger charge is 1.96. The molecular formula is C7H5BrFN. The minimum absolute atomic E-state index is 0.294. The lowest BCUT2D eigenvalue weighted by Crippen LogP contribution is -1.82. The Labute approximate surface area is 66.5 Å². The molecule has 0 spiro atoms. The highest BCUT2D eigenvalue weighted by molar-refractivity contribution is 9.10. The third-order valence-electron chi connectivity index (χ3n) is 1.12.